The lowest BCUT2D eigenvalue weighted by molar-refractivity contribution is 0.415. The smallest absolute Gasteiger partial charge is 0.189 e. The van der Waals surface area contributed by atoms with Crippen molar-refractivity contribution in [3.8, 4) is 5.75 Å². The van der Waals surface area contributed by atoms with Gasteiger partial charge < -0.3 is 15.4 Å². The van der Waals surface area contributed by atoms with Crippen LogP contribution in [-0.4, -0.2) is 17.3 Å². The molecule has 4 N–H and O–H groups in total. The van der Waals surface area contributed by atoms with Crippen LogP contribution >= 0.6 is 24.4 Å². The molecule has 0 radical (unpaired) electrons. The normalized spacial score (nSPS) is 9.50. The van der Waals surface area contributed by atoms with E-state index in [9.17, 15) is 0 Å². The highest BCUT2D eigenvalue weighted by atomic mass is 32.1. The summed E-state index contributed by atoms with van der Waals surface area (Å²) in [6.07, 6.45) is 0. The van der Waals surface area contributed by atoms with Gasteiger partial charge in [-0.2, -0.15) is 0 Å². The van der Waals surface area contributed by atoms with Gasteiger partial charge in [0.05, 0.1) is 7.11 Å². The number of thiocarbonyl (C=S) groups is 2. The Morgan fingerprint density at radius 2 is 1.41 bits per heavy atom. The van der Waals surface area contributed by atoms with E-state index in [-0.39, 0.29) is 0 Å². The van der Waals surface area contributed by atoms with Crippen molar-refractivity contribution in [2.24, 2.45) is 0 Å². The molecule has 0 saturated carbocycles. The van der Waals surface area contributed by atoms with E-state index in [4.69, 9.17) is 29.2 Å². The molecule has 0 fully saturated rings. The van der Waals surface area contributed by atoms with Crippen LogP contribution in [0, 0.1) is 0 Å². The number of nitrogens with one attached hydrogen (secondary N) is 4. The molecule has 0 aromatic heterocycles. The lowest BCUT2D eigenvalue weighted by Gasteiger charge is -2.14. The summed E-state index contributed by atoms with van der Waals surface area (Å²) in [5.74, 6) is 0.752. The Labute approximate surface area is 140 Å². The lowest BCUT2D eigenvalue weighted by atomic mass is 10.3. The quantitative estimate of drug-likeness (QED) is 0.509. The van der Waals surface area contributed by atoms with Gasteiger partial charge in [0.1, 0.15) is 5.75 Å². The molecule has 2 rings (SSSR count). The lowest BCUT2D eigenvalue weighted by Crippen LogP contribution is -2.45. The molecule has 0 aliphatic carbocycles. The third kappa shape index (κ3) is 5.19. The minimum atomic E-state index is 0.394. The number of ether oxygens (including phenoxy) is 1. The van der Waals surface area contributed by atoms with Gasteiger partial charge in [0.2, 0.25) is 0 Å². The number of benzene rings is 2. The summed E-state index contributed by atoms with van der Waals surface area (Å²) in [5, 5.41) is 6.87. The minimum absolute atomic E-state index is 0.394. The molecule has 0 atom stereocenters. The summed E-state index contributed by atoms with van der Waals surface area (Å²) in [6, 6.07) is 17.1. The second-order valence-electron chi connectivity index (χ2n) is 4.26. The molecule has 0 aliphatic rings. The van der Waals surface area contributed by atoms with Crippen molar-refractivity contribution in [2.45, 2.75) is 0 Å². The first-order valence-corrected chi connectivity index (χ1v) is 7.32. The van der Waals surface area contributed by atoms with Crippen LogP contribution in [-0.2, 0) is 0 Å². The van der Waals surface area contributed by atoms with Crippen molar-refractivity contribution < 1.29 is 4.74 Å². The molecule has 0 amide bonds. The van der Waals surface area contributed by atoms with Gasteiger partial charge in [0.25, 0.3) is 0 Å². The summed E-state index contributed by atoms with van der Waals surface area (Å²) in [6.45, 7) is 0. The number of hydrogen-bond acceptors (Lipinski definition) is 3. The summed E-state index contributed by atoms with van der Waals surface area (Å²) in [4.78, 5) is 0. The van der Waals surface area contributed by atoms with E-state index in [1.54, 1.807) is 7.11 Å². The summed E-state index contributed by atoms with van der Waals surface area (Å²) >= 11 is 10.4. The second-order valence-corrected chi connectivity index (χ2v) is 5.07. The number of methoxy groups -OCH3 is 1. The molecule has 0 saturated heterocycles. The van der Waals surface area contributed by atoms with E-state index in [0.717, 1.165) is 17.1 Å². The number of hydrazine groups is 1. The molecule has 114 valence electrons. The predicted octanol–water partition coefficient (Wildman–Crippen LogP) is 2.88. The molecule has 0 aliphatic heterocycles. The van der Waals surface area contributed by atoms with Crippen LogP contribution in [0.3, 0.4) is 0 Å². The van der Waals surface area contributed by atoms with Crippen molar-refractivity contribution in [1.82, 2.24) is 10.9 Å². The third-order valence-electron chi connectivity index (χ3n) is 2.65. The van der Waals surface area contributed by atoms with Gasteiger partial charge in [-0.15, -0.1) is 0 Å². The highest BCUT2D eigenvalue weighted by molar-refractivity contribution is 7.81. The molecule has 2 aromatic rings. The van der Waals surface area contributed by atoms with Gasteiger partial charge in [0.15, 0.2) is 10.2 Å². The molecule has 0 bridgehead atoms. The van der Waals surface area contributed by atoms with E-state index in [1.165, 1.54) is 0 Å². The average molecular weight is 332 g/mol. The number of rotatable bonds is 3. The summed E-state index contributed by atoms with van der Waals surface area (Å²) < 4.78 is 5.15. The van der Waals surface area contributed by atoms with Crippen LogP contribution in [0.5, 0.6) is 5.75 Å². The van der Waals surface area contributed by atoms with E-state index in [1.807, 2.05) is 54.6 Å². The molecule has 5 nitrogen and oxygen atoms in total. The van der Waals surface area contributed by atoms with Gasteiger partial charge in [-0.25, -0.2) is 0 Å². The Balaban J connectivity index is 1.78. The Hall–Kier alpha value is -2.38. The van der Waals surface area contributed by atoms with Gasteiger partial charge in [-0.3, -0.25) is 10.9 Å². The van der Waals surface area contributed by atoms with Crippen LogP contribution in [0.2, 0.25) is 0 Å². The van der Waals surface area contributed by atoms with Gasteiger partial charge in [0, 0.05) is 17.4 Å². The Morgan fingerprint density at radius 3 is 2.05 bits per heavy atom. The molecule has 0 heterocycles. The molecule has 0 spiro atoms. The molecular formula is C15H16N4OS2. The van der Waals surface area contributed by atoms with Crippen molar-refractivity contribution in [2.75, 3.05) is 17.7 Å². The maximum Gasteiger partial charge on any atom is 0.189 e. The van der Waals surface area contributed by atoms with Crippen LogP contribution < -0.4 is 26.2 Å². The minimum Gasteiger partial charge on any atom is -0.497 e. The summed E-state index contributed by atoms with van der Waals surface area (Å²) in [7, 11) is 1.62. The monoisotopic (exact) mass is 332 g/mol. The standard InChI is InChI=1S/C15H16N4OS2/c1-20-13-9-5-8-12(10-13)17-15(22)19-18-14(21)16-11-6-3-2-4-7-11/h2-10H,1H3,(H2,16,18,21)(H2,17,19,22). The van der Waals surface area contributed by atoms with Crippen LogP contribution in [0.1, 0.15) is 0 Å². The molecule has 2 aromatic carbocycles. The largest absolute Gasteiger partial charge is 0.497 e. The van der Waals surface area contributed by atoms with E-state index in [0.29, 0.717) is 10.2 Å². The van der Waals surface area contributed by atoms with Crippen molar-refractivity contribution in [3.05, 3.63) is 54.6 Å². The molecule has 7 heteroatoms. The Morgan fingerprint density at radius 1 is 0.818 bits per heavy atom. The van der Waals surface area contributed by atoms with Gasteiger partial charge >= 0.3 is 0 Å². The Kier molecular flexibility index (Phi) is 5.93. The van der Waals surface area contributed by atoms with Crippen molar-refractivity contribution in [3.63, 3.8) is 0 Å². The van der Waals surface area contributed by atoms with E-state index >= 15 is 0 Å². The first-order valence-electron chi connectivity index (χ1n) is 6.50. The predicted molar refractivity (Wildman–Crippen MR) is 98.1 cm³/mol. The third-order valence-corrected chi connectivity index (χ3v) is 3.06. The van der Waals surface area contributed by atoms with E-state index in [2.05, 4.69) is 21.5 Å². The maximum atomic E-state index is 5.19. The average Bonchev–Trinajstić information content (AvgIpc) is 2.54. The number of hydrogen-bond donors (Lipinski definition) is 4. The fourth-order valence-corrected chi connectivity index (χ4v) is 2.00. The first-order chi connectivity index (χ1) is 10.7. The fraction of sp³-hybridized carbons (Fsp3) is 0.0667. The maximum absolute atomic E-state index is 5.19. The van der Waals surface area contributed by atoms with Crippen LogP contribution in [0.15, 0.2) is 54.6 Å². The van der Waals surface area contributed by atoms with E-state index < -0.39 is 0 Å². The summed E-state index contributed by atoms with van der Waals surface area (Å²) in [5.41, 5.74) is 7.35. The topological polar surface area (TPSA) is 57.4 Å². The Bertz CT molecular complexity index is 649. The van der Waals surface area contributed by atoms with Gasteiger partial charge in [-0.05, 0) is 48.7 Å². The molecule has 22 heavy (non-hydrogen) atoms. The van der Waals surface area contributed by atoms with Crippen LogP contribution in [0.25, 0.3) is 0 Å². The van der Waals surface area contributed by atoms with Crippen molar-refractivity contribution >= 4 is 46.0 Å². The molecular weight excluding hydrogens is 316 g/mol. The second kappa shape index (κ2) is 8.16. The van der Waals surface area contributed by atoms with Gasteiger partial charge in [-0.1, -0.05) is 24.3 Å². The first kappa shape index (κ1) is 16.0. The highest BCUT2D eigenvalue weighted by Gasteiger charge is 2.00. The zero-order chi connectivity index (χ0) is 15.8. The number of para-hydroxylation sites is 1. The van der Waals surface area contributed by atoms with Crippen molar-refractivity contribution in [1.29, 1.82) is 0 Å². The van der Waals surface area contributed by atoms with Crippen LogP contribution in [0.4, 0.5) is 11.4 Å². The highest BCUT2D eigenvalue weighted by Crippen LogP contribution is 2.16. The zero-order valence-electron chi connectivity index (χ0n) is 11.9. The molecule has 0 unspecified atom stereocenters. The fourth-order valence-electron chi connectivity index (χ4n) is 1.66. The number of anilines is 2. The zero-order valence-corrected chi connectivity index (χ0v) is 13.6. The SMILES string of the molecule is COc1cccc(NC(=S)NNC(=S)Nc2ccccc2)c1.